The summed E-state index contributed by atoms with van der Waals surface area (Å²) in [6, 6.07) is 0. The van der Waals surface area contributed by atoms with Crippen molar-refractivity contribution < 1.29 is 28.6 Å². The summed E-state index contributed by atoms with van der Waals surface area (Å²) >= 11 is 0. The zero-order chi connectivity index (χ0) is 59.9. The number of rotatable bonds is 60. The van der Waals surface area contributed by atoms with Gasteiger partial charge in [-0.25, -0.2) is 0 Å². The van der Waals surface area contributed by atoms with Crippen LogP contribution in [0.3, 0.4) is 0 Å². The first-order valence-corrected chi connectivity index (χ1v) is 34.0. The molecule has 6 heteroatoms. The Labute approximate surface area is 511 Å². The molecule has 0 spiro atoms. The molecule has 0 saturated heterocycles. The lowest BCUT2D eigenvalue weighted by molar-refractivity contribution is -0.167. The van der Waals surface area contributed by atoms with E-state index in [4.69, 9.17) is 14.2 Å². The third-order valence-corrected chi connectivity index (χ3v) is 14.0. The van der Waals surface area contributed by atoms with Gasteiger partial charge in [-0.2, -0.15) is 0 Å². The first-order chi connectivity index (χ1) is 41.0. The molecule has 0 saturated carbocycles. The minimum absolute atomic E-state index is 0.111. The first kappa shape index (κ1) is 78.0. The molecule has 6 nitrogen and oxygen atoms in total. The molecule has 0 bridgehead atoms. The predicted molar refractivity (Wildman–Crippen MR) is 362 cm³/mol. The molecule has 0 fully saturated rings. The van der Waals surface area contributed by atoms with E-state index in [0.717, 1.165) is 128 Å². The van der Waals surface area contributed by atoms with Crippen molar-refractivity contribution >= 4 is 17.9 Å². The van der Waals surface area contributed by atoms with Crippen LogP contribution in [0.15, 0.2) is 158 Å². The van der Waals surface area contributed by atoms with Crippen LogP contribution in [-0.4, -0.2) is 37.2 Å². The summed E-state index contributed by atoms with van der Waals surface area (Å²) in [5.41, 5.74) is 0. The Morgan fingerprint density at radius 2 is 0.434 bits per heavy atom. The Bertz CT molecular complexity index is 1840. The molecule has 0 rings (SSSR count). The van der Waals surface area contributed by atoms with Crippen molar-refractivity contribution in [2.75, 3.05) is 13.2 Å². The van der Waals surface area contributed by atoms with Crippen LogP contribution in [0.5, 0.6) is 0 Å². The van der Waals surface area contributed by atoms with Crippen LogP contribution >= 0.6 is 0 Å². The molecule has 468 valence electrons. The summed E-state index contributed by atoms with van der Waals surface area (Å²) in [6.45, 7) is 6.23. The van der Waals surface area contributed by atoms with Crippen LogP contribution in [-0.2, 0) is 28.6 Å². The highest BCUT2D eigenvalue weighted by Gasteiger charge is 2.19. The molecule has 0 amide bonds. The lowest BCUT2D eigenvalue weighted by Gasteiger charge is -2.18. The van der Waals surface area contributed by atoms with Crippen LogP contribution in [0, 0.1) is 0 Å². The molecule has 0 aromatic carbocycles. The fourth-order valence-electron chi connectivity index (χ4n) is 9.04. The molecule has 0 aliphatic carbocycles. The average Bonchev–Trinajstić information content (AvgIpc) is 3.49. The molecule has 0 aliphatic rings. The summed E-state index contributed by atoms with van der Waals surface area (Å²) in [7, 11) is 0. The molecule has 0 N–H and O–H groups in total. The maximum absolute atomic E-state index is 12.9. The number of ether oxygens (including phenoxy) is 3. The molecule has 1 atom stereocenters. The smallest absolute Gasteiger partial charge is 0.306 e. The van der Waals surface area contributed by atoms with E-state index in [0.29, 0.717) is 25.7 Å². The van der Waals surface area contributed by atoms with E-state index in [9.17, 15) is 14.4 Å². The number of carbonyl (C=O) groups excluding carboxylic acids is 3. The summed E-state index contributed by atoms with van der Waals surface area (Å²) in [5, 5.41) is 0. The highest BCUT2D eigenvalue weighted by molar-refractivity contribution is 5.71. The second kappa shape index (κ2) is 69.5. The normalized spacial score (nSPS) is 13.1. The molecule has 0 radical (unpaired) electrons. The quantitative estimate of drug-likeness (QED) is 0.0261. The van der Waals surface area contributed by atoms with Crippen LogP contribution in [0.1, 0.15) is 290 Å². The molecule has 0 aromatic rings. The summed E-state index contributed by atoms with van der Waals surface area (Å²) in [4.78, 5) is 38.3. The molecular formula is C77H124O6. The van der Waals surface area contributed by atoms with E-state index < -0.39 is 6.10 Å². The number of esters is 3. The lowest BCUT2D eigenvalue weighted by Crippen LogP contribution is -2.30. The van der Waals surface area contributed by atoms with Gasteiger partial charge in [0.05, 0.1) is 0 Å². The van der Waals surface area contributed by atoms with E-state index in [-0.39, 0.29) is 37.5 Å². The highest BCUT2D eigenvalue weighted by atomic mass is 16.6. The van der Waals surface area contributed by atoms with Gasteiger partial charge in [0, 0.05) is 19.3 Å². The third kappa shape index (κ3) is 67.7. The second-order valence-electron chi connectivity index (χ2n) is 21.9. The van der Waals surface area contributed by atoms with Gasteiger partial charge in [0.1, 0.15) is 13.2 Å². The molecule has 1 unspecified atom stereocenters. The van der Waals surface area contributed by atoms with Crippen molar-refractivity contribution in [2.24, 2.45) is 0 Å². The average molecular weight is 1150 g/mol. The Hall–Kier alpha value is -4.97. The van der Waals surface area contributed by atoms with E-state index in [1.807, 2.05) is 0 Å². The molecule has 0 aliphatic heterocycles. The maximum Gasteiger partial charge on any atom is 0.306 e. The number of hydrogen-bond acceptors (Lipinski definition) is 6. The second-order valence-corrected chi connectivity index (χ2v) is 21.9. The molecular weight excluding hydrogens is 1020 g/mol. The fourth-order valence-corrected chi connectivity index (χ4v) is 9.04. The van der Waals surface area contributed by atoms with Gasteiger partial charge < -0.3 is 14.2 Å². The number of hydrogen-bond donors (Lipinski definition) is 0. The fraction of sp³-hybridized carbons (Fsp3) is 0.623. The monoisotopic (exact) mass is 1140 g/mol. The summed E-state index contributed by atoms with van der Waals surface area (Å²) in [5.74, 6) is -0.995. The van der Waals surface area contributed by atoms with Gasteiger partial charge in [0.25, 0.3) is 0 Å². The van der Waals surface area contributed by atoms with E-state index in [2.05, 4.69) is 179 Å². The topological polar surface area (TPSA) is 78.9 Å². The highest BCUT2D eigenvalue weighted by Crippen LogP contribution is 2.16. The van der Waals surface area contributed by atoms with Crippen molar-refractivity contribution in [3.05, 3.63) is 158 Å². The van der Waals surface area contributed by atoms with Gasteiger partial charge in [0.15, 0.2) is 6.10 Å². The van der Waals surface area contributed by atoms with E-state index in [1.54, 1.807) is 0 Å². The van der Waals surface area contributed by atoms with Crippen molar-refractivity contribution in [2.45, 2.75) is 297 Å². The van der Waals surface area contributed by atoms with Gasteiger partial charge in [-0.05, 0) is 141 Å². The van der Waals surface area contributed by atoms with Crippen molar-refractivity contribution in [1.82, 2.24) is 0 Å². The number of unbranched alkanes of at least 4 members (excludes halogenated alkanes) is 23. The number of allylic oxidation sites excluding steroid dienone is 26. The first-order valence-electron chi connectivity index (χ1n) is 34.0. The van der Waals surface area contributed by atoms with Gasteiger partial charge in [-0.3, -0.25) is 14.4 Å². The molecule has 0 aromatic heterocycles. The zero-order valence-corrected chi connectivity index (χ0v) is 53.7. The maximum atomic E-state index is 12.9. The van der Waals surface area contributed by atoms with Crippen molar-refractivity contribution in [3.8, 4) is 0 Å². The van der Waals surface area contributed by atoms with Crippen LogP contribution < -0.4 is 0 Å². The Kier molecular flexibility index (Phi) is 65.4. The lowest BCUT2D eigenvalue weighted by atomic mass is 10.0. The van der Waals surface area contributed by atoms with Gasteiger partial charge >= 0.3 is 17.9 Å². The molecule has 0 heterocycles. The summed E-state index contributed by atoms with van der Waals surface area (Å²) < 4.78 is 16.8. The minimum Gasteiger partial charge on any atom is -0.462 e. The van der Waals surface area contributed by atoms with Crippen LogP contribution in [0.25, 0.3) is 0 Å². The Balaban J connectivity index is 4.22. The van der Waals surface area contributed by atoms with Gasteiger partial charge in [-0.15, -0.1) is 0 Å². The van der Waals surface area contributed by atoms with Crippen LogP contribution in [0.4, 0.5) is 0 Å². The Morgan fingerprint density at radius 3 is 0.699 bits per heavy atom. The zero-order valence-electron chi connectivity index (χ0n) is 53.7. The van der Waals surface area contributed by atoms with Crippen molar-refractivity contribution in [3.63, 3.8) is 0 Å². The largest absolute Gasteiger partial charge is 0.462 e. The van der Waals surface area contributed by atoms with Crippen molar-refractivity contribution in [1.29, 1.82) is 0 Å². The summed E-state index contributed by atoms with van der Waals surface area (Å²) in [6.07, 6.45) is 101. The van der Waals surface area contributed by atoms with Crippen LogP contribution in [0.2, 0.25) is 0 Å². The van der Waals surface area contributed by atoms with Gasteiger partial charge in [-0.1, -0.05) is 288 Å². The SMILES string of the molecule is CC/C=C\C/C=C\C/C=C\C/C=C\C/C=C\CCCCCCCCCCCCCCCCCCCCCC(=O)OCC(COC(=O)CCCC/C=C\C/C=C\C/C=C\C/C=C\CC)OC(=O)CCCC/C=C\C/C=C\C/C=C\C/C=C\CC. The predicted octanol–water partition coefficient (Wildman–Crippen LogP) is 23.7. The van der Waals surface area contributed by atoms with E-state index in [1.165, 1.54) is 109 Å². The standard InChI is InChI=1S/C77H124O6/c1-4-7-10-13-16-19-22-25-28-29-30-31-32-33-34-35-36-37-38-39-40-41-42-43-44-45-46-47-50-52-55-58-61-64-67-70-76(79)82-73-74(83-77(80)71-68-65-62-59-56-53-49-27-24-21-18-15-12-9-6-3)72-81-75(78)69-66-63-60-57-54-51-48-26-23-20-17-14-11-8-5-2/h7-12,16-21,25-28,30-31,33-34,48-49,54,56-57,59,74H,4-6,13-15,22-24,29,32,35-47,50-53,55,58,60-73H2,1-3H3/b10-7-,11-8-,12-9-,19-16-,20-17-,21-18-,28-25-,31-30-,34-33-,48-26-,49-27-,57-54-,59-56-. The minimum atomic E-state index is -0.823. The molecule has 83 heavy (non-hydrogen) atoms. The Morgan fingerprint density at radius 1 is 0.241 bits per heavy atom. The number of carbonyl (C=O) groups is 3. The third-order valence-electron chi connectivity index (χ3n) is 14.0. The van der Waals surface area contributed by atoms with E-state index >= 15 is 0 Å². The van der Waals surface area contributed by atoms with Gasteiger partial charge in [0.2, 0.25) is 0 Å².